The number of carbonyl (C=O) groups is 1. The topological polar surface area (TPSA) is 44.8 Å². The lowest BCUT2D eigenvalue weighted by Gasteiger charge is -2.64. The van der Waals surface area contributed by atoms with Crippen molar-refractivity contribution in [3.63, 3.8) is 0 Å². The predicted molar refractivity (Wildman–Crippen MR) is 109 cm³/mol. The van der Waals surface area contributed by atoms with E-state index in [4.69, 9.17) is 14.2 Å². The van der Waals surface area contributed by atoms with Gasteiger partial charge in [-0.05, 0) is 79.4 Å². The molecule has 0 saturated heterocycles. The molecule has 0 unspecified atom stereocenters. The second-order valence-electron chi connectivity index (χ2n) is 11.4. The van der Waals surface area contributed by atoms with Gasteiger partial charge in [0.2, 0.25) is 0 Å². The van der Waals surface area contributed by atoms with E-state index in [1.54, 1.807) is 14.0 Å². The van der Waals surface area contributed by atoms with Crippen LogP contribution < -0.4 is 0 Å². The first-order valence-corrected chi connectivity index (χ1v) is 11.4. The van der Waals surface area contributed by atoms with Crippen molar-refractivity contribution in [2.75, 3.05) is 20.5 Å². The summed E-state index contributed by atoms with van der Waals surface area (Å²) in [5.74, 6) is 1.30. The second kappa shape index (κ2) is 6.97. The molecule has 0 aromatic rings. The Bertz CT molecular complexity index is 620. The van der Waals surface area contributed by atoms with Crippen LogP contribution in [0.5, 0.6) is 0 Å². The number of rotatable bonds is 5. The van der Waals surface area contributed by atoms with Crippen LogP contribution in [-0.4, -0.2) is 32.6 Å². The average Bonchev–Trinajstić information content (AvgIpc) is 2.83. The maximum Gasteiger partial charge on any atom is 0.302 e. The van der Waals surface area contributed by atoms with Crippen molar-refractivity contribution in [3.8, 4) is 0 Å². The molecule has 2 bridgehead atoms. The molecule has 28 heavy (non-hydrogen) atoms. The molecular weight excluding hydrogens is 352 g/mol. The molecule has 0 radical (unpaired) electrons. The van der Waals surface area contributed by atoms with Gasteiger partial charge < -0.3 is 14.2 Å². The number of ether oxygens (including phenoxy) is 3. The van der Waals surface area contributed by atoms with Crippen LogP contribution in [0.25, 0.3) is 0 Å². The van der Waals surface area contributed by atoms with E-state index in [2.05, 4.69) is 20.8 Å². The summed E-state index contributed by atoms with van der Waals surface area (Å²) in [6.45, 7) is 9.99. The van der Waals surface area contributed by atoms with Crippen molar-refractivity contribution in [2.24, 2.45) is 33.5 Å². The Morgan fingerprint density at radius 2 is 1.79 bits per heavy atom. The van der Waals surface area contributed by atoms with Gasteiger partial charge in [0, 0.05) is 19.4 Å². The summed E-state index contributed by atoms with van der Waals surface area (Å²) in [5, 5.41) is 0. The molecule has 0 amide bonds. The quantitative estimate of drug-likeness (QED) is 0.468. The van der Waals surface area contributed by atoms with E-state index >= 15 is 0 Å². The van der Waals surface area contributed by atoms with Crippen LogP contribution in [0.1, 0.15) is 85.5 Å². The van der Waals surface area contributed by atoms with Gasteiger partial charge in [0.05, 0.1) is 12.7 Å². The Labute approximate surface area is 171 Å². The number of hydrogen-bond acceptors (Lipinski definition) is 4. The third-order valence-corrected chi connectivity index (χ3v) is 9.69. The number of methoxy groups -OCH3 is 1. The van der Waals surface area contributed by atoms with Crippen LogP contribution >= 0.6 is 0 Å². The fourth-order valence-electron chi connectivity index (χ4n) is 8.69. The van der Waals surface area contributed by atoms with Gasteiger partial charge in [0.15, 0.2) is 0 Å². The van der Waals surface area contributed by atoms with Crippen LogP contribution in [0.15, 0.2) is 0 Å². The highest BCUT2D eigenvalue weighted by molar-refractivity contribution is 5.65. The zero-order valence-electron chi connectivity index (χ0n) is 18.6. The van der Waals surface area contributed by atoms with Crippen molar-refractivity contribution in [2.45, 2.75) is 91.6 Å². The molecule has 160 valence electrons. The van der Waals surface area contributed by atoms with Crippen molar-refractivity contribution < 1.29 is 19.0 Å². The normalized spacial score (nSPS) is 50.0. The predicted octanol–water partition coefficient (Wildman–Crippen LogP) is 5.34. The molecule has 4 aliphatic carbocycles. The van der Waals surface area contributed by atoms with Gasteiger partial charge in [0.1, 0.15) is 6.79 Å². The number of carbonyl (C=O) groups excluding carboxylic acids is 1. The Kier molecular flexibility index (Phi) is 5.14. The molecular formula is C24H40O4. The Hall–Kier alpha value is -0.610. The molecule has 7 atom stereocenters. The minimum Gasteiger partial charge on any atom is -0.465 e. The molecule has 4 rings (SSSR count). The zero-order chi connectivity index (χ0) is 20.2. The first-order chi connectivity index (χ1) is 13.2. The largest absolute Gasteiger partial charge is 0.465 e. The molecule has 0 aromatic heterocycles. The smallest absolute Gasteiger partial charge is 0.302 e. The van der Waals surface area contributed by atoms with E-state index in [0.29, 0.717) is 41.7 Å². The van der Waals surface area contributed by atoms with E-state index in [-0.39, 0.29) is 11.4 Å². The van der Waals surface area contributed by atoms with Crippen molar-refractivity contribution >= 4 is 5.97 Å². The Morgan fingerprint density at radius 1 is 1.04 bits per heavy atom. The molecule has 4 nitrogen and oxygen atoms in total. The molecule has 1 spiro atoms. The summed E-state index contributed by atoms with van der Waals surface area (Å²) >= 11 is 0. The number of fused-ring (bicyclic) bond motifs is 3. The lowest BCUT2D eigenvalue weighted by atomic mass is 9.40. The number of esters is 1. The first-order valence-electron chi connectivity index (χ1n) is 11.4. The summed E-state index contributed by atoms with van der Waals surface area (Å²) in [6, 6.07) is 0. The molecule has 4 aliphatic rings. The van der Waals surface area contributed by atoms with Crippen molar-refractivity contribution in [3.05, 3.63) is 0 Å². The molecule has 4 saturated carbocycles. The van der Waals surface area contributed by atoms with Gasteiger partial charge in [-0.1, -0.05) is 27.2 Å². The van der Waals surface area contributed by atoms with E-state index in [1.165, 1.54) is 57.8 Å². The standard InChI is InChI=1S/C24H40O4/c1-17(25)27-15-22(3)9-6-10-23(4)18(22)8-12-24-13-20(28-16-26-5)21(2,14-24)11-7-19(23)24/h18-20H,6-16H2,1-5H3/t18-,19+,20-,21+,22+,23-,24+/m1/s1. The highest BCUT2D eigenvalue weighted by Crippen LogP contribution is 2.74. The minimum atomic E-state index is -0.136. The third-order valence-electron chi connectivity index (χ3n) is 9.69. The van der Waals surface area contributed by atoms with Crippen LogP contribution in [-0.2, 0) is 19.0 Å². The fourth-order valence-corrected chi connectivity index (χ4v) is 8.69. The maximum atomic E-state index is 11.5. The van der Waals surface area contributed by atoms with Gasteiger partial charge in [-0.3, -0.25) is 4.79 Å². The van der Waals surface area contributed by atoms with E-state index < -0.39 is 0 Å². The monoisotopic (exact) mass is 392 g/mol. The molecule has 0 N–H and O–H groups in total. The van der Waals surface area contributed by atoms with Crippen molar-refractivity contribution in [1.29, 1.82) is 0 Å². The van der Waals surface area contributed by atoms with Gasteiger partial charge in [-0.2, -0.15) is 0 Å². The summed E-state index contributed by atoms with van der Waals surface area (Å²) in [5.41, 5.74) is 1.25. The highest BCUT2D eigenvalue weighted by Gasteiger charge is 2.67. The van der Waals surface area contributed by atoms with Gasteiger partial charge in [-0.15, -0.1) is 0 Å². The van der Waals surface area contributed by atoms with Crippen LogP contribution in [0.4, 0.5) is 0 Å². The van der Waals surface area contributed by atoms with E-state index in [1.807, 2.05) is 0 Å². The molecule has 4 fully saturated rings. The Morgan fingerprint density at radius 3 is 2.50 bits per heavy atom. The zero-order valence-corrected chi connectivity index (χ0v) is 18.6. The summed E-state index contributed by atoms with van der Waals surface area (Å²) in [6.07, 6.45) is 11.9. The molecule has 0 heterocycles. The molecule has 0 aromatic carbocycles. The van der Waals surface area contributed by atoms with E-state index in [0.717, 1.165) is 5.92 Å². The van der Waals surface area contributed by atoms with Crippen LogP contribution in [0, 0.1) is 33.5 Å². The van der Waals surface area contributed by atoms with Crippen molar-refractivity contribution in [1.82, 2.24) is 0 Å². The molecule has 4 heteroatoms. The van der Waals surface area contributed by atoms with Gasteiger partial charge in [-0.25, -0.2) is 0 Å². The fraction of sp³-hybridized carbons (Fsp3) is 0.958. The minimum absolute atomic E-state index is 0.131. The summed E-state index contributed by atoms with van der Waals surface area (Å²) in [7, 11) is 1.72. The first kappa shape index (κ1) is 20.7. The lowest BCUT2D eigenvalue weighted by Crippen LogP contribution is -2.57. The summed E-state index contributed by atoms with van der Waals surface area (Å²) < 4.78 is 17.0. The van der Waals surface area contributed by atoms with E-state index in [9.17, 15) is 4.79 Å². The van der Waals surface area contributed by atoms with Gasteiger partial charge in [0.25, 0.3) is 0 Å². The molecule has 0 aliphatic heterocycles. The number of hydrogen-bond donors (Lipinski definition) is 0. The van der Waals surface area contributed by atoms with Gasteiger partial charge >= 0.3 is 5.97 Å². The highest BCUT2D eigenvalue weighted by atomic mass is 16.7. The van der Waals surface area contributed by atoms with Crippen LogP contribution in [0.3, 0.4) is 0 Å². The van der Waals surface area contributed by atoms with Crippen LogP contribution in [0.2, 0.25) is 0 Å². The maximum absolute atomic E-state index is 11.5. The lowest BCUT2D eigenvalue weighted by molar-refractivity contribution is -0.175. The second-order valence-corrected chi connectivity index (χ2v) is 11.4. The average molecular weight is 393 g/mol. The Balaban J connectivity index is 1.60. The third kappa shape index (κ3) is 3.05. The SMILES string of the molecule is COCO[C@@H]1C[C@]23CC[C@@H]4[C@](C)(COC(C)=O)CCC[C@@]4(C)[C@@H]2CC[C@@]1(C)C3. The summed E-state index contributed by atoms with van der Waals surface area (Å²) in [4.78, 5) is 11.5.